The highest BCUT2D eigenvalue weighted by Gasteiger charge is 2.25. The molecule has 2 aliphatic carbocycles. The van der Waals surface area contributed by atoms with Crippen LogP contribution in [0.2, 0.25) is 0 Å². The van der Waals surface area contributed by atoms with Gasteiger partial charge in [0.05, 0.1) is 0 Å². The topological polar surface area (TPSA) is 70.2 Å². The molecule has 0 heterocycles. The molecule has 0 atom stereocenters. The van der Waals surface area contributed by atoms with E-state index in [9.17, 15) is 9.59 Å². The first-order valence-electron chi connectivity index (χ1n) is 7.19. The van der Waals surface area contributed by atoms with E-state index in [0.717, 1.165) is 43.5 Å². The highest BCUT2D eigenvalue weighted by Crippen LogP contribution is 2.27. The van der Waals surface area contributed by atoms with Crippen molar-refractivity contribution in [3.8, 4) is 0 Å². The molecule has 0 aliphatic heterocycles. The molecule has 2 fully saturated rings. The van der Waals surface area contributed by atoms with Crippen molar-refractivity contribution < 1.29 is 9.59 Å². The van der Waals surface area contributed by atoms with Crippen LogP contribution in [0.25, 0.3) is 0 Å². The SMILES string of the molecule is O=C(Nc1ccc(NC(=O)C2CCC2)cc1)NC1CC1. The lowest BCUT2D eigenvalue weighted by Gasteiger charge is -2.24. The summed E-state index contributed by atoms with van der Waals surface area (Å²) < 4.78 is 0. The van der Waals surface area contributed by atoms with Crippen molar-refractivity contribution in [2.24, 2.45) is 5.92 Å². The Kier molecular flexibility index (Phi) is 3.58. The predicted molar refractivity (Wildman–Crippen MR) is 77.6 cm³/mol. The summed E-state index contributed by atoms with van der Waals surface area (Å²) in [6, 6.07) is 7.38. The van der Waals surface area contributed by atoms with Gasteiger partial charge in [-0.15, -0.1) is 0 Å². The van der Waals surface area contributed by atoms with Crippen molar-refractivity contribution in [3.05, 3.63) is 24.3 Å². The quantitative estimate of drug-likeness (QED) is 0.789. The van der Waals surface area contributed by atoms with E-state index in [0.29, 0.717) is 6.04 Å². The molecule has 1 aromatic rings. The fraction of sp³-hybridized carbons (Fsp3) is 0.467. The van der Waals surface area contributed by atoms with E-state index in [4.69, 9.17) is 0 Å². The zero-order valence-electron chi connectivity index (χ0n) is 11.3. The standard InChI is InChI=1S/C15H19N3O2/c19-14(10-2-1-3-10)16-11-4-6-12(7-5-11)17-15(20)18-13-8-9-13/h4-7,10,13H,1-3,8-9H2,(H,16,19)(H2,17,18,20). The number of carbonyl (C=O) groups excluding carboxylic acids is 2. The smallest absolute Gasteiger partial charge is 0.319 e. The average molecular weight is 273 g/mol. The molecule has 0 aromatic heterocycles. The minimum atomic E-state index is -0.168. The molecular formula is C15H19N3O2. The van der Waals surface area contributed by atoms with Crippen LogP contribution in [0, 0.1) is 5.92 Å². The third-order valence-corrected chi connectivity index (χ3v) is 3.80. The van der Waals surface area contributed by atoms with E-state index < -0.39 is 0 Å². The lowest BCUT2D eigenvalue weighted by atomic mass is 9.85. The Morgan fingerprint density at radius 2 is 1.50 bits per heavy atom. The number of hydrogen-bond donors (Lipinski definition) is 3. The Labute approximate surface area is 118 Å². The van der Waals surface area contributed by atoms with Crippen LogP contribution < -0.4 is 16.0 Å². The first-order valence-corrected chi connectivity index (χ1v) is 7.19. The first kappa shape index (κ1) is 13.0. The van der Waals surface area contributed by atoms with E-state index in [1.54, 1.807) is 12.1 Å². The Hall–Kier alpha value is -2.04. The Bertz CT molecular complexity index is 504. The molecule has 0 saturated heterocycles. The molecule has 2 aliphatic rings. The monoisotopic (exact) mass is 273 g/mol. The molecule has 2 saturated carbocycles. The van der Waals surface area contributed by atoms with Gasteiger partial charge in [0, 0.05) is 23.3 Å². The summed E-state index contributed by atoms with van der Waals surface area (Å²) in [6.45, 7) is 0. The number of rotatable bonds is 4. The summed E-state index contributed by atoms with van der Waals surface area (Å²) in [7, 11) is 0. The molecule has 3 amide bonds. The van der Waals surface area contributed by atoms with E-state index >= 15 is 0 Å². The lowest BCUT2D eigenvalue weighted by molar-refractivity contribution is -0.122. The minimum Gasteiger partial charge on any atom is -0.335 e. The minimum absolute atomic E-state index is 0.100. The van der Waals surface area contributed by atoms with Crippen LogP contribution in [0.3, 0.4) is 0 Å². The number of urea groups is 1. The zero-order chi connectivity index (χ0) is 13.9. The molecule has 5 nitrogen and oxygen atoms in total. The molecule has 106 valence electrons. The van der Waals surface area contributed by atoms with Gasteiger partial charge in [-0.25, -0.2) is 4.79 Å². The van der Waals surface area contributed by atoms with E-state index in [2.05, 4.69) is 16.0 Å². The second-order valence-corrected chi connectivity index (χ2v) is 5.57. The van der Waals surface area contributed by atoms with Crippen molar-refractivity contribution in [2.75, 3.05) is 10.6 Å². The highest BCUT2D eigenvalue weighted by molar-refractivity contribution is 5.94. The predicted octanol–water partition coefficient (Wildman–Crippen LogP) is 2.71. The Balaban J connectivity index is 1.50. The maximum atomic E-state index is 11.8. The molecule has 0 radical (unpaired) electrons. The molecule has 1 aromatic carbocycles. The third-order valence-electron chi connectivity index (χ3n) is 3.80. The van der Waals surface area contributed by atoms with E-state index in [1.807, 2.05) is 12.1 Å². The fourth-order valence-electron chi connectivity index (χ4n) is 2.13. The van der Waals surface area contributed by atoms with Gasteiger partial charge >= 0.3 is 6.03 Å². The first-order chi connectivity index (χ1) is 9.70. The van der Waals surface area contributed by atoms with Crippen molar-refractivity contribution in [3.63, 3.8) is 0 Å². The summed E-state index contributed by atoms with van der Waals surface area (Å²) in [5, 5.41) is 8.53. The summed E-state index contributed by atoms with van der Waals surface area (Å²) in [6.07, 6.45) is 5.27. The number of hydrogen-bond acceptors (Lipinski definition) is 2. The molecule has 0 spiro atoms. The van der Waals surface area contributed by atoms with Gasteiger partial charge in [0.15, 0.2) is 0 Å². The third kappa shape index (κ3) is 3.29. The van der Waals surface area contributed by atoms with Crippen LogP contribution in [0.15, 0.2) is 24.3 Å². The number of anilines is 2. The maximum Gasteiger partial charge on any atom is 0.319 e. The molecule has 20 heavy (non-hydrogen) atoms. The number of benzene rings is 1. The van der Waals surface area contributed by atoms with Crippen LogP contribution >= 0.6 is 0 Å². The summed E-state index contributed by atoms with van der Waals surface area (Å²) in [5.74, 6) is 0.278. The highest BCUT2D eigenvalue weighted by atomic mass is 16.2. The molecule has 5 heteroatoms. The van der Waals surface area contributed by atoms with Crippen molar-refractivity contribution in [1.82, 2.24) is 5.32 Å². The van der Waals surface area contributed by atoms with Gasteiger partial charge in [-0.3, -0.25) is 4.79 Å². The van der Waals surface area contributed by atoms with Crippen molar-refractivity contribution in [1.29, 1.82) is 0 Å². The van der Waals surface area contributed by atoms with Gasteiger partial charge in [-0.2, -0.15) is 0 Å². The van der Waals surface area contributed by atoms with Gasteiger partial charge < -0.3 is 16.0 Å². The van der Waals surface area contributed by atoms with Crippen LogP contribution in [-0.2, 0) is 4.79 Å². The number of nitrogens with one attached hydrogen (secondary N) is 3. The summed E-state index contributed by atoms with van der Waals surface area (Å²) in [4.78, 5) is 23.4. The summed E-state index contributed by atoms with van der Waals surface area (Å²) >= 11 is 0. The molecular weight excluding hydrogens is 254 g/mol. The van der Waals surface area contributed by atoms with Gasteiger partial charge in [0.2, 0.25) is 5.91 Å². The van der Waals surface area contributed by atoms with E-state index in [-0.39, 0.29) is 17.9 Å². The van der Waals surface area contributed by atoms with Crippen LogP contribution in [0.4, 0.5) is 16.2 Å². The molecule has 0 bridgehead atoms. The van der Waals surface area contributed by atoms with Gasteiger partial charge in [0.1, 0.15) is 0 Å². The molecule has 3 N–H and O–H groups in total. The lowest BCUT2D eigenvalue weighted by Crippen LogP contribution is -2.30. The Morgan fingerprint density at radius 1 is 0.900 bits per heavy atom. The fourth-order valence-corrected chi connectivity index (χ4v) is 2.13. The second-order valence-electron chi connectivity index (χ2n) is 5.57. The average Bonchev–Trinajstić information content (AvgIpc) is 3.13. The van der Waals surface area contributed by atoms with Crippen LogP contribution in [0.5, 0.6) is 0 Å². The summed E-state index contributed by atoms with van der Waals surface area (Å²) in [5.41, 5.74) is 1.50. The Morgan fingerprint density at radius 3 is 2.00 bits per heavy atom. The zero-order valence-corrected chi connectivity index (χ0v) is 11.3. The van der Waals surface area contributed by atoms with Crippen molar-refractivity contribution >= 4 is 23.3 Å². The van der Waals surface area contributed by atoms with Crippen molar-refractivity contribution in [2.45, 2.75) is 38.1 Å². The largest absolute Gasteiger partial charge is 0.335 e. The number of amides is 3. The van der Waals surface area contributed by atoms with Gasteiger partial charge in [-0.05, 0) is 49.9 Å². The van der Waals surface area contributed by atoms with Gasteiger partial charge in [0.25, 0.3) is 0 Å². The normalized spacial score (nSPS) is 18.0. The number of carbonyl (C=O) groups is 2. The van der Waals surface area contributed by atoms with Crippen LogP contribution in [-0.4, -0.2) is 18.0 Å². The van der Waals surface area contributed by atoms with Crippen LogP contribution in [0.1, 0.15) is 32.1 Å². The molecule has 3 rings (SSSR count). The van der Waals surface area contributed by atoms with E-state index in [1.165, 1.54) is 0 Å². The van der Waals surface area contributed by atoms with Gasteiger partial charge in [-0.1, -0.05) is 6.42 Å². The molecule has 0 unspecified atom stereocenters. The second kappa shape index (κ2) is 5.53. The maximum absolute atomic E-state index is 11.8.